The van der Waals surface area contributed by atoms with E-state index in [4.69, 9.17) is 9.47 Å². The first-order valence-electron chi connectivity index (χ1n) is 11.5. The summed E-state index contributed by atoms with van der Waals surface area (Å²) in [6.07, 6.45) is 1.27. The van der Waals surface area contributed by atoms with Crippen LogP contribution in [0.15, 0.2) is 90.5 Å². The molecular formula is C30H24O4. The van der Waals surface area contributed by atoms with Gasteiger partial charge in [-0.25, -0.2) is 9.59 Å². The molecule has 5 rings (SSSR count). The van der Waals surface area contributed by atoms with Gasteiger partial charge in [-0.1, -0.05) is 78.9 Å². The number of allylic oxidation sites excluding steroid dienone is 2. The number of benzene rings is 3. The lowest BCUT2D eigenvalue weighted by Gasteiger charge is -2.13. The molecule has 0 unspecified atom stereocenters. The van der Waals surface area contributed by atoms with E-state index in [1.54, 1.807) is 13.8 Å². The maximum Gasteiger partial charge on any atom is 0.339 e. The van der Waals surface area contributed by atoms with Crippen LogP contribution in [0, 0.1) is 0 Å². The Balaban J connectivity index is 1.87. The lowest BCUT2D eigenvalue weighted by atomic mass is 9.92. The van der Waals surface area contributed by atoms with Crippen molar-refractivity contribution in [3.8, 4) is 0 Å². The van der Waals surface area contributed by atoms with Crippen molar-refractivity contribution in [2.45, 2.75) is 13.8 Å². The summed E-state index contributed by atoms with van der Waals surface area (Å²) in [7, 11) is 0. The molecule has 3 aromatic carbocycles. The second kappa shape index (κ2) is 8.99. The molecule has 0 saturated carbocycles. The van der Waals surface area contributed by atoms with E-state index in [0.29, 0.717) is 5.57 Å². The second-order valence-electron chi connectivity index (χ2n) is 7.99. The van der Waals surface area contributed by atoms with Crippen LogP contribution in [0.3, 0.4) is 0 Å². The summed E-state index contributed by atoms with van der Waals surface area (Å²) in [5.41, 5.74) is 9.21. The van der Waals surface area contributed by atoms with Crippen LogP contribution in [0.2, 0.25) is 0 Å². The molecule has 0 spiro atoms. The summed E-state index contributed by atoms with van der Waals surface area (Å²) in [5, 5.41) is 0. The quantitative estimate of drug-likeness (QED) is 0.346. The normalized spacial score (nSPS) is 14.0. The second-order valence-corrected chi connectivity index (χ2v) is 7.99. The van der Waals surface area contributed by atoms with Crippen molar-refractivity contribution < 1.29 is 19.1 Å². The number of ether oxygens (including phenoxy) is 2. The minimum atomic E-state index is -0.567. The van der Waals surface area contributed by atoms with Gasteiger partial charge in [-0.15, -0.1) is 0 Å². The molecule has 4 heteroatoms. The van der Waals surface area contributed by atoms with E-state index < -0.39 is 11.9 Å². The topological polar surface area (TPSA) is 52.6 Å². The summed E-state index contributed by atoms with van der Waals surface area (Å²) in [6, 6.07) is 26.5. The van der Waals surface area contributed by atoms with Gasteiger partial charge < -0.3 is 9.47 Å². The minimum absolute atomic E-state index is 0.206. The Kier molecular flexibility index (Phi) is 5.72. The average Bonchev–Trinajstić information content (AvgIpc) is 3.36. The molecular weight excluding hydrogens is 424 g/mol. The maximum atomic E-state index is 13.2. The van der Waals surface area contributed by atoms with Crippen molar-refractivity contribution in [1.29, 1.82) is 0 Å². The van der Waals surface area contributed by atoms with Crippen LogP contribution in [0.1, 0.15) is 41.7 Å². The first-order chi connectivity index (χ1) is 16.7. The molecule has 0 saturated heterocycles. The SMILES string of the molecule is CCOC(=O)/C=C(\C(=O)OCC)C1=C2C(=C(c3ccccc3)c3ccccc32)c2ccccc21. The zero-order chi connectivity index (χ0) is 23.7. The third-order valence-electron chi connectivity index (χ3n) is 6.06. The molecule has 34 heavy (non-hydrogen) atoms. The molecule has 0 aromatic heterocycles. The molecule has 0 aliphatic heterocycles. The molecule has 2 aliphatic carbocycles. The highest BCUT2D eigenvalue weighted by molar-refractivity contribution is 6.37. The van der Waals surface area contributed by atoms with Crippen LogP contribution in [0.5, 0.6) is 0 Å². The fraction of sp³-hybridized carbons (Fsp3) is 0.133. The summed E-state index contributed by atoms with van der Waals surface area (Å²) in [6.45, 7) is 3.92. The van der Waals surface area contributed by atoms with Gasteiger partial charge >= 0.3 is 11.9 Å². The predicted molar refractivity (Wildman–Crippen MR) is 133 cm³/mol. The van der Waals surface area contributed by atoms with Gasteiger partial charge in [0.05, 0.1) is 18.8 Å². The number of hydrogen-bond acceptors (Lipinski definition) is 4. The van der Waals surface area contributed by atoms with Crippen LogP contribution < -0.4 is 0 Å². The standard InChI is InChI=1S/C30H24O4/c1-3-33-25(31)18-24(30(32)34-4-2)27-21-15-9-11-17-23(21)28-26(19-12-6-5-7-13-19)20-14-8-10-16-22(20)29(27)28/h5-18H,3-4H2,1-2H3/b24-18-. The van der Waals surface area contributed by atoms with Gasteiger partial charge in [0.15, 0.2) is 0 Å². The Morgan fingerprint density at radius 3 is 1.79 bits per heavy atom. The van der Waals surface area contributed by atoms with Crippen LogP contribution in [-0.2, 0) is 19.1 Å². The highest BCUT2D eigenvalue weighted by Gasteiger charge is 2.39. The van der Waals surface area contributed by atoms with Gasteiger partial charge in [-0.2, -0.15) is 0 Å². The first-order valence-corrected chi connectivity index (χ1v) is 11.5. The Hall–Kier alpha value is -4.18. The summed E-state index contributed by atoms with van der Waals surface area (Å²) < 4.78 is 10.6. The van der Waals surface area contributed by atoms with E-state index in [2.05, 4.69) is 30.3 Å². The Morgan fingerprint density at radius 2 is 1.18 bits per heavy atom. The number of fused-ring (bicyclic) bond motifs is 5. The Bertz CT molecular complexity index is 1390. The zero-order valence-corrected chi connectivity index (χ0v) is 19.1. The van der Waals surface area contributed by atoms with Crippen LogP contribution in [-0.4, -0.2) is 25.2 Å². The molecule has 4 nitrogen and oxygen atoms in total. The molecule has 0 radical (unpaired) electrons. The van der Waals surface area contributed by atoms with Crippen molar-refractivity contribution in [3.63, 3.8) is 0 Å². The third kappa shape index (κ3) is 3.48. The largest absolute Gasteiger partial charge is 0.463 e. The molecule has 0 fully saturated rings. The smallest absolute Gasteiger partial charge is 0.339 e. The number of hydrogen-bond donors (Lipinski definition) is 0. The Labute approximate surface area is 198 Å². The number of esters is 2. The van der Waals surface area contributed by atoms with E-state index in [1.807, 2.05) is 48.5 Å². The van der Waals surface area contributed by atoms with E-state index in [0.717, 1.165) is 44.5 Å². The van der Waals surface area contributed by atoms with E-state index in [1.165, 1.54) is 6.08 Å². The summed E-state index contributed by atoms with van der Waals surface area (Å²) in [5.74, 6) is -1.11. The fourth-order valence-corrected chi connectivity index (χ4v) is 4.82. The van der Waals surface area contributed by atoms with Crippen LogP contribution in [0.25, 0.3) is 22.3 Å². The molecule has 3 aromatic rings. The molecule has 0 heterocycles. The highest BCUT2D eigenvalue weighted by atomic mass is 16.5. The third-order valence-corrected chi connectivity index (χ3v) is 6.06. The minimum Gasteiger partial charge on any atom is -0.463 e. The molecule has 0 atom stereocenters. The van der Waals surface area contributed by atoms with Gasteiger partial charge in [0, 0.05) is 11.6 Å². The van der Waals surface area contributed by atoms with Crippen LogP contribution in [0.4, 0.5) is 0 Å². The van der Waals surface area contributed by atoms with Crippen molar-refractivity contribution >= 4 is 34.2 Å². The Morgan fingerprint density at radius 1 is 0.647 bits per heavy atom. The average molecular weight is 449 g/mol. The first kappa shape index (κ1) is 21.7. The monoisotopic (exact) mass is 448 g/mol. The lowest BCUT2D eigenvalue weighted by Crippen LogP contribution is -2.12. The summed E-state index contributed by atoms with van der Waals surface area (Å²) >= 11 is 0. The number of carbonyl (C=O) groups excluding carboxylic acids is 2. The highest BCUT2D eigenvalue weighted by Crippen LogP contribution is 2.58. The van der Waals surface area contributed by atoms with Crippen molar-refractivity contribution in [2.24, 2.45) is 0 Å². The van der Waals surface area contributed by atoms with Crippen molar-refractivity contribution in [2.75, 3.05) is 13.2 Å². The molecule has 0 bridgehead atoms. The van der Waals surface area contributed by atoms with Gasteiger partial charge in [0.25, 0.3) is 0 Å². The van der Waals surface area contributed by atoms with Crippen molar-refractivity contribution in [1.82, 2.24) is 0 Å². The zero-order valence-electron chi connectivity index (χ0n) is 19.1. The molecule has 0 N–H and O–H groups in total. The number of rotatable bonds is 6. The number of carbonyl (C=O) groups is 2. The molecule has 0 amide bonds. The summed E-state index contributed by atoms with van der Waals surface area (Å²) in [4.78, 5) is 25.7. The van der Waals surface area contributed by atoms with Gasteiger partial charge in [-0.05, 0) is 58.4 Å². The predicted octanol–water partition coefficient (Wildman–Crippen LogP) is 5.94. The van der Waals surface area contributed by atoms with Gasteiger partial charge in [0.1, 0.15) is 0 Å². The van der Waals surface area contributed by atoms with E-state index in [-0.39, 0.29) is 18.8 Å². The molecule has 168 valence electrons. The maximum absolute atomic E-state index is 13.2. The van der Waals surface area contributed by atoms with Gasteiger partial charge in [0.2, 0.25) is 0 Å². The van der Waals surface area contributed by atoms with Gasteiger partial charge in [-0.3, -0.25) is 0 Å². The van der Waals surface area contributed by atoms with E-state index in [9.17, 15) is 9.59 Å². The lowest BCUT2D eigenvalue weighted by molar-refractivity contribution is -0.140. The van der Waals surface area contributed by atoms with Crippen LogP contribution >= 0.6 is 0 Å². The van der Waals surface area contributed by atoms with Crippen molar-refractivity contribution in [3.05, 3.63) is 118 Å². The fourth-order valence-electron chi connectivity index (χ4n) is 4.82. The molecule has 2 aliphatic rings. The van der Waals surface area contributed by atoms with E-state index >= 15 is 0 Å².